The van der Waals surface area contributed by atoms with Gasteiger partial charge in [0.25, 0.3) is 0 Å². The number of phenols is 1. The molecule has 0 fully saturated rings. The molecule has 1 aromatic rings. The summed E-state index contributed by atoms with van der Waals surface area (Å²) in [5.74, 6) is -0.418. The fourth-order valence-corrected chi connectivity index (χ4v) is 3.40. The van der Waals surface area contributed by atoms with Crippen molar-refractivity contribution in [3.63, 3.8) is 0 Å². The highest BCUT2D eigenvalue weighted by Gasteiger charge is 2.30. The van der Waals surface area contributed by atoms with Gasteiger partial charge in [-0.15, -0.1) is 0 Å². The first-order valence-corrected chi connectivity index (χ1v) is 7.97. The van der Waals surface area contributed by atoms with Crippen LogP contribution in [0.4, 0.5) is 0 Å². The summed E-state index contributed by atoms with van der Waals surface area (Å²) in [6.45, 7) is 12.9. The number of hydrogen-bond acceptors (Lipinski definition) is 2. The van der Waals surface area contributed by atoms with Crippen molar-refractivity contribution in [1.82, 2.24) is 0 Å². The minimum absolute atomic E-state index is 0.127. The molecule has 2 N–H and O–H groups in total. The molecule has 1 aromatic carbocycles. The van der Waals surface area contributed by atoms with E-state index >= 15 is 0 Å². The van der Waals surface area contributed by atoms with E-state index in [1.807, 2.05) is 13.0 Å². The largest absolute Gasteiger partial charge is 0.508 e. The van der Waals surface area contributed by atoms with Crippen LogP contribution in [0, 0.1) is 12.3 Å². The number of phenolic OH excluding ortho intramolecular Hbond substituents is 1. The van der Waals surface area contributed by atoms with Crippen molar-refractivity contribution in [2.24, 2.45) is 5.41 Å². The molecular formula is C19H30O3. The molecule has 0 saturated heterocycles. The van der Waals surface area contributed by atoms with Gasteiger partial charge in [-0.2, -0.15) is 0 Å². The van der Waals surface area contributed by atoms with E-state index in [0.717, 1.165) is 29.5 Å². The average molecular weight is 306 g/mol. The molecule has 0 heterocycles. The number of carbonyl (C=O) groups is 1. The minimum atomic E-state index is -0.760. The molecule has 0 spiro atoms. The molecular weight excluding hydrogens is 276 g/mol. The quantitative estimate of drug-likeness (QED) is 0.792. The van der Waals surface area contributed by atoms with Gasteiger partial charge in [0, 0.05) is 6.42 Å². The fraction of sp³-hybridized carbons (Fsp3) is 0.632. The summed E-state index contributed by atoms with van der Waals surface area (Å²) in [5.41, 5.74) is 3.16. The monoisotopic (exact) mass is 306 g/mol. The van der Waals surface area contributed by atoms with E-state index in [9.17, 15) is 9.90 Å². The topological polar surface area (TPSA) is 57.5 Å². The summed E-state index contributed by atoms with van der Waals surface area (Å²) in [4.78, 5) is 10.7. The highest BCUT2D eigenvalue weighted by atomic mass is 16.4. The third-order valence-electron chi connectivity index (χ3n) is 3.99. The number of hydrogen-bond donors (Lipinski definition) is 2. The Hall–Kier alpha value is -1.51. The SMILES string of the molecule is Cc1cc(O)c(C(C)(C)CC(C)(C)C)cc1CCCC(=O)O. The zero-order valence-corrected chi connectivity index (χ0v) is 14.8. The molecule has 124 valence electrons. The first-order valence-electron chi connectivity index (χ1n) is 7.97. The van der Waals surface area contributed by atoms with E-state index in [1.165, 1.54) is 0 Å². The number of aromatic hydroxyl groups is 1. The molecule has 0 radical (unpaired) electrons. The lowest BCUT2D eigenvalue weighted by atomic mass is 9.71. The van der Waals surface area contributed by atoms with Crippen molar-refractivity contribution < 1.29 is 15.0 Å². The molecule has 0 saturated carbocycles. The van der Waals surface area contributed by atoms with Crippen LogP contribution in [0.2, 0.25) is 0 Å². The lowest BCUT2D eigenvalue weighted by Gasteiger charge is -2.34. The van der Waals surface area contributed by atoms with Gasteiger partial charge in [0.05, 0.1) is 0 Å². The number of carboxylic acids is 1. The van der Waals surface area contributed by atoms with Gasteiger partial charge in [0.1, 0.15) is 5.75 Å². The second-order valence-electron chi connectivity index (χ2n) is 8.16. The highest BCUT2D eigenvalue weighted by molar-refractivity contribution is 5.66. The van der Waals surface area contributed by atoms with Crippen LogP contribution < -0.4 is 0 Å². The first kappa shape index (κ1) is 18.5. The molecule has 3 heteroatoms. The van der Waals surface area contributed by atoms with Crippen molar-refractivity contribution in [1.29, 1.82) is 0 Å². The molecule has 0 bridgehead atoms. The van der Waals surface area contributed by atoms with Crippen LogP contribution in [0.15, 0.2) is 12.1 Å². The Morgan fingerprint density at radius 2 is 1.73 bits per heavy atom. The zero-order valence-electron chi connectivity index (χ0n) is 14.8. The van der Waals surface area contributed by atoms with E-state index in [4.69, 9.17) is 5.11 Å². The molecule has 0 aliphatic carbocycles. The van der Waals surface area contributed by atoms with Crippen LogP contribution in [0.25, 0.3) is 0 Å². The van der Waals surface area contributed by atoms with Crippen molar-refractivity contribution >= 4 is 5.97 Å². The van der Waals surface area contributed by atoms with E-state index in [2.05, 4.69) is 40.7 Å². The Balaban J connectivity index is 3.07. The number of aryl methyl sites for hydroxylation is 2. The molecule has 0 aromatic heterocycles. The molecule has 0 aliphatic heterocycles. The Morgan fingerprint density at radius 3 is 2.23 bits per heavy atom. The third kappa shape index (κ3) is 5.36. The first-order chi connectivity index (χ1) is 9.92. The number of aliphatic carboxylic acids is 1. The summed E-state index contributed by atoms with van der Waals surface area (Å²) in [5, 5.41) is 19.1. The molecule has 3 nitrogen and oxygen atoms in total. The van der Waals surface area contributed by atoms with E-state index < -0.39 is 5.97 Å². The van der Waals surface area contributed by atoms with Crippen molar-refractivity contribution in [3.8, 4) is 5.75 Å². The molecule has 0 unspecified atom stereocenters. The van der Waals surface area contributed by atoms with Crippen LogP contribution in [0.5, 0.6) is 5.75 Å². The standard InChI is InChI=1S/C19H30O3/c1-13-10-16(20)15(19(5,6)12-18(2,3)4)11-14(13)8-7-9-17(21)22/h10-11,20H,7-9,12H2,1-6H3,(H,21,22). The second-order valence-corrected chi connectivity index (χ2v) is 8.16. The van der Waals surface area contributed by atoms with Crippen LogP contribution in [-0.4, -0.2) is 16.2 Å². The number of rotatable bonds is 6. The van der Waals surface area contributed by atoms with Gasteiger partial charge in [0.2, 0.25) is 0 Å². The van der Waals surface area contributed by atoms with E-state index in [1.54, 1.807) is 0 Å². The molecule has 1 rings (SSSR count). The van der Waals surface area contributed by atoms with Gasteiger partial charge in [-0.3, -0.25) is 4.79 Å². The lowest BCUT2D eigenvalue weighted by Crippen LogP contribution is -2.25. The summed E-state index contributed by atoms with van der Waals surface area (Å²) in [6, 6.07) is 3.88. The maximum Gasteiger partial charge on any atom is 0.303 e. The van der Waals surface area contributed by atoms with Crippen molar-refractivity contribution in [2.45, 2.75) is 72.6 Å². The normalized spacial score (nSPS) is 12.5. The third-order valence-corrected chi connectivity index (χ3v) is 3.99. The predicted octanol–water partition coefficient (Wildman–Crippen LogP) is 4.82. The van der Waals surface area contributed by atoms with Gasteiger partial charge in [-0.25, -0.2) is 0 Å². The fourth-order valence-electron chi connectivity index (χ4n) is 3.40. The summed E-state index contributed by atoms with van der Waals surface area (Å²) >= 11 is 0. The maximum absolute atomic E-state index is 10.7. The summed E-state index contributed by atoms with van der Waals surface area (Å²) in [6.07, 6.45) is 2.50. The smallest absolute Gasteiger partial charge is 0.303 e. The molecule has 22 heavy (non-hydrogen) atoms. The Morgan fingerprint density at radius 1 is 1.14 bits per heavy atom. The Kier molecular flexibility index (Phi) is 5.66. The van der Waals surface area contributed by atoms with E-state index in [-0.39, 0.29) is 17.3 Å². The maximum atomic E-state index is 10.7. The van der Waals surface area contributed by atoms with Crippen LogP contribution in [0.3, 0.4) is 0 Å². The summed E-state index contributed by atoms with van der Waals surface area (Å²) < 4.78 is 0. The Labute approximate surface area is 134 Å². The van der Waals surface area contributed by atoms with Gasteiger partial charge in [0.15, 0.2) is 0 Å². The van der Waals surface area contributed by atoms with Crippen molar-refractivity contribution in [3.05, 3.63) is 28.8 Å². The zero-order chi connectivity index (χ0) is 17.1. The van der Waals surface area contributed by atoms with Crippen molar-refractivity contribution in [2.75, 3.05) is 0 Å². The van der Waals surface area contributed by atoms with Gasteiger partial charge < -0.3 is 10.2 Å². The van der Waals surface area contributed by atoms with Crippen LogP contribution >= 0.6 is 0 Å². The molecule has 0 amide bonds. The number of carboxylic acid groups (broad SMARTS) is 1. The Bertz CT molecular complexity index is 536. The van der Waals surface area contributed by atoms with E-state index in [0.29, 0.717) is 12.2 Å². The van der Waals surface area contributed by atoms with Crippen LogP contribution in [-0.2, 0) is 16.6 Å². The van der Waals surface area contributed by atoms with Crippen LogP contribution in [0.1, 0.15) is 70.6 Å². The molecule has 0 aliphatic rings. The average Bonchev–Trinajstić information content (AvgIpc) is 2.27. The second kappa shape index (κ2) is 6.72. The minimum Gasteiger partial charge on any atom is -0.508 e. The highest BCUT2D eigenvalue weighted by Crippen LogP contribution is 2.41. The summed E-state index contributed by atoms with van der Waals surface area (Å²) in [7, 11) is 0. The molecule has 0 atom stereocenters. The van der Waals surface area contributed by atoms with Gasteiger partial charge in [-0.05, 0) is 59.8 Å². The lowest BCUT2D eigenvalue weighted by molar-refractivity contribution is -0.137. The number of benzene rings is 1. The van der Waals surface area contributed by atoms with Gasteiger partial charge >= 0.3 is 5.97 Å². The predicted molar refractivity (Wildman–Crippen MR) is 90.5 cm³/mol. The van der Waals surface area contributed by atoms with Gasteiger partial charge in [-0.1, -0.05) is 40.7 Å².